The van der Waals surface area contributed by atoms with E-state index in [1.165, 1.54) is 21.7 Å². The van der Waals surface area contributed by atoms with Crippen LogP contribution in [0.3, 0.4) is 0 Å². The molecule has 1 N–H and O–H groups in total. The number of carbonyl (C=O) groups is 1. The Bertz CT molecular complexity index is 647. The van der Waals surface area contributed by atoms with Gasteiger partial charge in [-0.3, -0.25) is 4.79 Å². The molecule has 0 atom stereocenters. The highest BCUT2D eigenvalue weighted by molar-refractivity contribution is 7.88. The zero-order chi connectivity index (χ0) is 16.3. The Morgan fingerprint density at radius 2 is 1.86 bits per heavy atom. The van der Waals surface area contributed by atoms with Crippen molar-refractivity contribution in [3.8, 4) is 0 Å². The second kappa shape index (κ2) is 6.79. The van der Waals surface area contributed by atoms with Gasteiger partial charge in [-0.15, -0.1) is 0 Å². The second-order valence-electron chi connectivity index (χ2n) is 6.07. The minimum atomic E-state index is -3.14. The molecular formula is C16H24N2O3S. The van der Waals surface area contributed by atoms with Gasteiger partial charge in [0.25, 0.3) is 0 Å². The number of carbonyl (C=O) groups excluding carboxylic acids is 1. The second-order valence-corrected chi connectivity index (χ2v) is 8.06. The van der Waals surface area contributed by atoms with Crippen LogP contribution >= 0.6 is 0 Å². The van der Waals surface area contributed by atoms with Crippen molar-refractivity contribution in [3.05, 3.63) is 34.9 Å². The summed E-state index contributed by atoms with van der Waals surface area (Å²) in [6.07, 6.45) is 2.39. The molecule has 1 aromatic carbocycles. The van der Waals surface area contributed by atoms with E-state index in [2.05, 4.69) is 31.3 Å². The summed E-state index contributed by atoms with van der Waals surface area (Å²) in [7, 11) is -3.14. The van der Waals surface area contributed by atoms with E-state index in [4.69, 9.17) is 0 Å². The van der Waals surface area contributed by atoms with Crippen molar-refractivity contribution in [2.75, 3.05) is 19.3 Å². The Kier molecular flexibility index (Phi) is 5.24. The number of nitrogens with zero attached hydrogens (tertiary/aromatic N) is 1. The molecule has 0 spiro atoms. The lowest BCUT2D eigenvalue weighted by atomic mass is 9.97. The number of hydrogen-bond acceptors (Lipinski definition) is 3. The molecule has 1 aliphatic rings. The van der Waals surface area contributed by atoms with Gasteiger partial charge in [-0.1, -0.05) is 18.2 Å². The van der Waals surface area contributed by atoms with Crippen LogP contribution in [0.25, 0.3) is 0 Å². The molecule has 1 aliphatic heterocycles. The summed E-state index contributed by atoms with van der Waals surface area (Å²) >= 11 is 0. The van der Waals surface area contributed by atoms with E-state index < -0.39 is 10.0 Å². The van der Waals surface area contributed by atoms with E-state index in [9.17, 15) is 13.2 Å². The van der Waals surface area contributed by atoms with Crippen LogP contribution in [0.2, 0.25) is 0 Å². The fourth-order valence-electron chi connectivity index (χ4n) is 2.70. The van der Waals surface area contributed by atoms with Crippen LogP contribution in [0.1, 0.15) is 29.5 Å². The van der Waals surface area contributed by atoms with Gasteiger partial charge in [0.15, 0.2) is 0 Å². The van der Waals surface area contributed by atoms with Crippen molar-refractivity contribution in [1.82, 2.24) is 9.62 Å². The van der Waals surface area contributed by atoms with E-state index in [1.807, 2.05) is 6.07 Å². The number of nitrogens with one attached hydrogen (secondary N) is 1. The molecule has 22 heavy (non-hydrogen) atoms. The maximum Gasteiger partial charge on any atom is 0.223 e. The fourth-order valence-corrected chi connectivity index (χ4v) is 3.57. The molecule has 122 valence electrons. The zero-order valence-corrected chi connectivity index (χ0v) is 14.2. The molecule has 0 unspecified atom stereocenters. The third kappa shape index (κ3) is 4.30. The SMILES string of the molecule is Cc1ccc(CNC(=O)C2CCN(S(C)(=O)=O)CC2)cc1C. The Balaban J connectivity index is 1.85. The molecule has 1 heterocycles. The normalized spacial score (nSPS) is 17.4. The number of sulfonamides is 1. The summed E-state index contributed by atoms with van der Waals surface area (Å²) in [6.45, 7) is 5.50. The van der Waals surface area contributed by atoms with Crippen molar-refractivity contribution in [2.24, 2.45) is 5.92 Å². The number of amides is 1. The molecular weight excluding hydrogens is 300 g/mol. The summed E-state index contributed by atoms with van der Waals surface area (Å²) in [5, 5.41) is 2.96. The lowest BCUT2D eigenvalue weighted by Gasteiger charge is -2.29. The average molecular weight is 324 g/mol. The first kappa shape index (κ1) is 17.0. The molecule has 0 aliphatic carbocycles. The molecule has 0 saturated carbocycles. The van der Waals surface area contributed by atoms with Crippen LogP contribution < -0.4 is 5.32 Å². The number of benzene rings is 1. The molecule has 1 aromatic rings. The maximum atomic E-state index is 12.2. The lowest BCUT2D eigenvalue weighted by molar-refractivity contribution is -0.126. The number of rotatable bonds is 4. The summed E-state index contributed by atoms with van der Waals surface area (Å²) in [6, 6.07) is 6.16. The minimum absolute atomic E-state index is 0.0198. The molecule has 1 fully saturated rings. The van der Waals surface area contributed by atoms with E-state index in [1.54, 1.807) is 0 Å². The number of hydrogen-bond donors (Lipinski definition) is 1. The minimum Gasteiger partial charge on any atom is -0.352 e. The van der Waals surface area contributed by atoms with Gasteiger partial charge in [0.2, 0.25) is 15.9 Å². The van der Waals surface area contributed by atoms with Crippen molar-refractivity contribution in [1.29, 1.82) is 0 Å². The first-order chi connectivity index (χ1) is 10.3. The van der Waals surface area contributed by atoms with Crippen molar-refractivity contribution >= 4 is 15.9 Å². The van der Waals surface area contributed by atoms with Crippen molar-refractivity contribution in [2.45, 2.75) is 33.2 Å². The Labute approximate surface area is 132 Å². The smallest absolute Gasteiger partial charge is 0.223 e. The highest BCUT2D eigenvalue weighted by atomic mass is 32.2. The average Bonchev–Trinajstić information content (AvgIpc) is 2.47. The van der Waals surface area contributed by atoms with Crippen molar-refractivity contribution < 1.29 is 13.2 Å². The molecule has 2 rings (SSSR count). The third-order valence-electron chi connectivity index (χ3n) is 4.33. The van der Waals surface area contributed by atoms with E-state index in [-0.39, 0.29) is 11.8 Å². The van der Waals surface area contributed by atoms with Crippen LogP contribution in [0.15, 0.2) is 18.2 Å². The molecule has 6 heteroatoms. The highest BCUT2D eigenvalue weighted by Gasteiger charge is 2.28. The first-order valence-electron chi connectivity index (χ1n) is 7.56. The van der Waals surface area contributed by atoms with Crippen LogP contribution in [-0.4, -0.2) is 38.0 Å². The van der Waals surface area contributed by atoms with Gasteiger partial charge in [-0.2, -0.15) is 0 Å². The number of aryl methyl sites for hydroxylation is 2. The standard InChI is InChI=1S/C16H24N2O3S/c1-12-4-5-14(10-13(12)2)11-17-16(19)15-6-8-18(9-7-15)22(3,20)21/h4-5,10,15H,6-9,11H2,1-3H3,(H,17,19). The summed E-state index contributed by atoms with van der Waals surface area (Å²) in [5.74, 6) is -0.0732. The molecule has 1 saturated heterocycles. The van der Waals surface area contributed by atoms with Gasteiger partial charge in [-0.25, -0.2) is 12.7 Å². The van der Waals surface area contributed by atoms with Gasteiger partial charge < -0.3 is 5.32 Å². The topological polar surface area (TPSA) is 66.5 Å². The molecule has 1 amide bonds. The van der Waals surface area contributed by atoms with Crippen LogP contribution in [0.5, 0.6) is 0 Å². The van der Waals surface area contributed by atoms with Gasteiger partial charge in [0.05, 0.1) is 6.26 Å². The monoisotopic (exact) mass is 324 g/mol. The predicted molar refractivity (Wildman–Crippen MR) is 86.9 cm³/mol. The number of piperidine rings is 1. The first-order valence-corrected chi connectivity index (χ1v) is 9.41. The third-order valence-corrected chi connectivity index (χ3v) is 5.63. The summed E-state index contributed by atoms with van der Waals surface area (Å²) in [5.41, 5.74) is 3.54. The fraction of sp³-hybridized carbons (Fsp3) is 0.562. The molecule has 0 radical (unpaired) electrons. The van der Waals surface area contributed by atoms with Crippen molar-refractivity contribution in [3.63, 3.8) is 0 Å². The van der Waals surface area contributed by atoms with Gasteiger partial charge in [-0.05, 0) is 43.4 Å². The van der Waals surface area contributed by atoms with Crippen LogP contribution in [0, 0.1) is 19.8 Å². The van der Waals surface area contributed by atoms with Crippen LogP contribution in [-0.2, 0) is 21.4 Å². The molecule has 0 aromatic heterocycles. The Morgan fingerprint density at radius 3 is 2.41 bits per heavy atom. The molecule has 5 nitrogen and oxygen atoms in total. The lowest BCUT2D eigenvalue weighted by Crippen LogP contribution is -2.42. The van der Waals surface area contributed by atoms with Gasteiger partial charge in [0.1, 0.15) is 0 Å². The summed E-state index contributed by atoms with van der Waals surface area (Å²) < 4.78 is 24.4. The largest absolute Gasteiger partial charge is 0.352 e. The van der Waals surface area contributed by atoms with E-state index in [0.29, 0.717) is 32.5 Å². The quantitative estimate of drug-likeness (QED) is 0.914. The zero-order valence-electron chi connectivity index (χ0n) is 13.4. The summed E-state index contributed by atoms with van der Waals surface area (Å²) in [4.78, 5) is 12.2. The Hall–Kier alpha value is -1.40. The molecule has 0 bridgehead atoms. The van der Waals surface area contributed by atoms with E-state index in [0.717, 1.165) is 5.56 Å². The van der Waals surface area contributed by atoms with E-state index >= 15 is 0 Å². The predicted octanol–water partition coefficient (Wildman–Crippen LogP) is 1.59. The van der Waals surface area contributed by atoms with Crippen LogP contribution in [0.4, 0.5) is 0 Å². The Morgan fingerprint density at radius 1 is 1.23 bits per heavy atom. The maximum absolute atomic E-state index is 12.2. The van der Waals surface area contributed by atoms with Gasteiger partial charge in [0, 0.05) is 25.6 Å². The van der Waals surface area contributed by atoms with Gasteiger partial charge >= 0.3 is 0 Å². The highest BCUT2D eigenvalue weighted by Crippen LogP contribution is 2.19.